The minimum Gasteiger partial charge on any atom is -0.0828 e. The van der Waals surface area contributed by atoms with Gasteiger partial charge in [0.25, 0.3) is 0 Å². The Labute approximate surface area is 153 Å². The van der Waals surface area contributed by atoms with E-state index in [4.69, 9.17) is 0 Å². The fraction of sp³-hybridized carbons (Fsp3) is 0.667. The Morgan fingerprint density at radius 3 is 1.42 bits per heavy atom. The van der Waals surface area contributed by atoms with E-state index in [2.05, 4.69) is 94.4 Å². The third kappa shape index (κ3) is 8.71. The highest BCUT2D eigenvalue weighted by atomic mass is 14.1. The third-order valence-corrected chi connectivity index (χ3v) is 4.37. The van der Waals surface area contributed by atoms with Gasteiger partial charge in [0.2, 0.25) is 0 Å². The smallest absolute Gasteiger partial charge is 0.0214 e. The molecule has 0 atom stereocenters. The average molecular weight is 333 g/mol. The first-order chi connectivity index (χ1) is 10.5. The van der Waals surface area contributed by atoms with Gasteiger partial charge in [-0.2, -0.15) is 0 Å². The van der Waals surface area contributed by atoms with Crippen LogP contribution < -0.4 is 0 Å². The van der Waals surface area contributed by atoms with E-state index in [-0.39, 0.29) is 7.43 Å². The highest BCUT2D eigenvalue weighted by Crippen LogP contribution is 2.27. The molecule has 0 fully saturated rings. The van der Waals surface area contributed by atoms with E-state index in [1.807, 2.05) is 0 Å². The Balaban J connectivity index is 0. The maximum absolute atomic E-state index is 2.34. The van der Waals surface area contributed by atoms with Crippen LogP contribution in [0.1, 0.15) is 104 Å². The number of hydrogen-bond acceptors (Lipinski definition) is 0. The lowest BCUT2D eigenvalue weighted by Crippen LogP contribution is -1.99. The molecule has 0 aliphatic rings. The molecular weight excluding hydrogens is 288 g/mol. The molecule has 0 aliphatic carbocycles. The molecule has 0 aromatic heterocycles. The lowest BCUT2D eigenvalue weighted by Gasteiger charge is -2.17. The van der Waals surface area contributed by atoms with Crippen LogP contribution in [-0.4, -0.2) is 0 Å². The van der Waals surface area contributed by atoms with Gasteiger partial charge < -0.3 is 0 Å². The van der Waals surface area contributed by atoms with Crippen molar-refractivity contribution in [2.45, 2.75) is 95.4 Å². The van der Waals surface area contributed by atoms with Gasteiger partial charge >= 0.3 is 0 Å². The molecule has 1 aromatic carbocycles. The number of rotatable bonds is 4. The highest BCUT2D eigenvalue weighted by Gasteiger charge is 2.09. The topological polar surface area (TPSA) is 0 Å². The zero-order valence-corrected chi connectivity index (χ0v) is 17.5. The van der Waals surface area contributed by atoms with Gasteiger partial charge in [0.1, 0.15) is 0 Å². The van der Waals surface area contributed by atoms with Crippen LogP contribution in [0.4, 0.5) is 0 Å². The summed E-state index contributed by atoms with van der Waals surface area (Å²) >= 11 is 0. The van der Waals surface area contributed by atoms with Crippen LogP contribution in [0.5, 0.6) is 0 Å². The molecule has 1 aromatic rings. The first-order valence-corrected chi connectivity index (χ1v) is 9.26. The third-order valence-electron chi connectivity index (χ3n) is 4.37. The van der Waals surface area contributed by atoms with Crippen molar-refractivity contribution in [1.82, 2.24) is 0 Å². The summed E-state index contributed by atoms with van der Waals surface area (Å²) < 4.78 is 0. The number of allylic oxidation sites excluding steroid dienone is 2. The van der Waals surface area contributed by atoms with Crippen LogP contribution in [-0.2, 0) is 0 Å². The second kappa shape index (κ2) is 11.5. The second-order valence-electron chi connectivity index (χ2n) is 8.19. The number of hydrogen-bond donors (Lipinski definition) is 0. The zero-order valence-electron chi connectivity index (χ0n) is 17.5. The van der Waals surface area contributed by atoms with Crippen molar-refractivity contribution in [3.8, 4) is 0 Å². The molecule has 0 amide bonds. The minimum atomic E-state index is 0. The van der Waals surface area contributed by atoms with E-state index in [1.165, 1.54) is 27.8 Å². The van der Waals surface area contributed by atoms with Crippen LogP contribution in [0.2, 0.25) is 0 Å². The monoisotopic (exact) mass is 332 g/mol. The Morgan fingerprint density at radius 2 is 1.21 bits per heavy atom. The average Bonchev–Trinajstić information content (AvgIpc) is 2.36. The van der Waals surface area contributed by atoms with Crippen molar-refractivity contribution >= 4 is 0 Å². The van der Waals surface area contributed by atoms with Crippen LogP contribution in [0.3, 0.4) is 0 Å². The molecule has 1 rings (SSSR count). The molecule has 0 unspecified atom stereocenters. The Morgan fingerprint density at radius 1 is 0.792 bits per heavy atom. The van der Waals surface area contributed by atoms with E-state index in [9.17, 15) is 0 Å². The second-order valence-corrected chi connectivity index (χ2v) is 8.19. The first-order valence-electron chi connectivity index (χ1n) is 9.26. The maximum atomic E-state index is 2.34. The molecule has 140 valence electrons. The van der Waals surface area contributed by atoms with Crippen molar-refractivity contribution in [3.05, 3.63) is 46.0 Å². The molecule has 0 heterocycles. The predicted molar refractivity (Wildman–Crippen MR) is 114 cm³/mol. The Kier molecular flexibility index (Phi) is 12.1. The van der Waals surface area contributed by atoms with Gasteiger partial charge in [0, 0.05) is 0 Å². The number of benzene rings is 1. The van der Waals surface area contributed by atoms with Crippen LogP contribution >= 0.6 is 0 Å². The minimum absolute atomic E-state index is 0. The van der Waals surface area contributed by atoms with Gasteiger partial charge in [-0.05, 0) is 66.7 Å². The summed E-state index contributed by atoms with van der Waals surface area (Å²) in [7, 11) is 0. The molecule has 24 heavy (non-hydrogen) atoms. The largest absolute Gasteiger partial charge is 0.0828 e. The quantitative estimate of drug-likeness (QED) is 0.485. The molecule has 0 aliphatic heterocycles. The molecular formula is C24H44. The van der Waals surface area contributed by atoms with E-state index in [0.717, 1.165) is 0 Å². The standard InChI is InChI=1S/C14H22.C9H18.CH4/c1-9(2)13-7-11(5)14(10(3)4)12(6)8-13;1-7(2)6-9(5)8(3)4;/h7-10H,1-6H3;6-8H,1-5H3;1H4/b;9-6+;. The van der Waals surface area contributed by atoms with Crippen molar-refractivity contribution in [2.24, 2.45) is 11.8 Å². The van der Waals surface area contributed by atoms with Gasteiger partial charge in [0.05, 0.1) is 0 Å². The van der Waals surface area contributed by atoms with E-state index < -0.39 is 0 Å². The molecule has 0 heteroatoms. The van der Waals surface area contributed by atoms with Crippen LogP contribution in [0, 0.1) is 25.7 Å². The van der Waals surface area contributed by atoms with Crippen LogP contribution in [0.15, 0.2) is 23.8 Å². The van der Waals surface area contributed by atoms with Gasteiger partial charge in [-0.15, -0.1) is 0 Å². The van der Waals surface area contributed by atoms with Crippen molar-refractivity contribution in [2.75, 3.05) is 0 Å². The van der Waals surface area contributed by atoms with Gasteiger partial charge in [-0.1, -0.05) is 86.6 Å². The first kappa shape index (κ1) is 25.2. The summed E-state index contributed by atoms with van der Waals surface area (Å²) in [5, 5.41) is 0. The van der Waals surface area contributed by atoms with E-state index >= 15 is 0 Å². The molecule has 0 nitrogen and oxygen atoms in total. The molecule has 0 saturated heterocycles. The van der Waals surface area contributed by atoms with E-state index in [0.29, 0.717) is 23.7 Å². The summed E-state index contributed by atoms with van der Waals surface area (Å²) in [6, 6.07) is 4.68. The molecule has 0 N–H and O–H groups in total. The van der Waals surface area contributed by atoms with Gasteiger partial charge in [-0.3, -0.25) is 0 Å². The zero-order chi connectivity index (χ0) is 18.3. The van der Waals surface area contributed by atoms with Crippen molar-refractivity contribution < 1.29 is 0 Å². The van der Waals surface area contributed by atoms with Crippen molar-refractivity contribution in [1.29, 1.82) is 0 Å². The fourth-order valence-corrected chi connectivity index (χ4v) is 2.97. The fourth-order valence-electron chi connectivity index (χ4n) is 2.97. The summed E-state index contributed by atoms with van der Waals surface area (Å²) in [4.78, 5) is 0. The Bertz CT molecular complexity index is 476. The number of aryl methyl sites for hydroxylation is 2. The summed E-state index contributed by atoms with van der Waals surface area (Å²) in [6.45, 7) is 24.6. The van der Waals surface area contributed by atoms with Crippen molar-refractivity contribution in [3.63, 3.8) is 0 Å². The van der Waals surface area contributed by atoms with E-state index in [1.54, 1.807) is 0 Å². The molecule has 0 radical (unpaired) electrons. The van der Waals surface area contributed by atoms with Gasteiger partial charge in [0.15, 0.2) is 0 Å². The predicted octanol–water partition coefficient (Wildman–Crippen LogP) is 8.43. The highest BCUT2D eigenvalue weighted by molar-refractivity contribution is 5.40. The lowest BCUT2D eigenvalue weighted by atomic mass is 9.89. The molecule has 0 saturated carbocycles. The SMILES string of the molecule is C.C/C(=C\C(C)C)C(C)C.Cc1cc(C(C)C)cc(C)c1C(C)C. The normalized spacial score (nSPS) is 11.7. The molecule has 0 spiro atoms. The Hall–Kier alpha value is -1.04. The summed E-state index contributed by atoms with van der Waals surface area (Å²) in [5.41, 5.74) is 7.39. The van der Waals surface area contributed by atoms with Gasteiger partial charge in [-0.25, -0.2) is 0 Å². The summed E-state index contributed by atoms with van der Waals surface area (Å²) in [5.74, 6) is 2.68. The van der Waals surface area contributed by atoms with Crippen LogP contribution in [0.25, 0.3) is 0 Å². The molecule has 0 bridgehead atoms. The maximum Gasteiger partial charge on any atom is -0.0214 e. The summed E-state index contributed by atoms with van der Waals surface area (Å²) in [6.07, 6.45) is 2.32. The lowest BCUT2D eigenvalue weighted by molar-refractivity contribution is 0.731.